The standard InChI is InChI=1S/C14H17N3OS/c1-3-10(2)13(18)15-14-17-16-12(19-14)9-11-7-5-4-6-8-11/h4-8,10H,3,9H2,1-2H3,(H,15,17,18)/t10-/m0/s1. The average molecular weight is 275 g/mol. The van der Waals surface area contributed by atoms with Gasteiger partial charge in [-0.3, -0.25) is 4.79 Å². The van der Waals surface area contributed by atoms with Gasteiger partial charge in [-0.25, -0.2) is 0 Å². The van der Waals surface area contributed by atoms with Crippen molar-refractivity contribution in [3.63, 3.8) is 0 Å². The molecule has 1 aromatic carbocycles. The van der Waals surface area contributed by atoms with E-state index in [1.807, 2.05) is 32.0 Å². The van der Waals surface area contributed by atoms with Gasteiger partial charge >= 0.3 is 0 Å². The summed E-state index contributed by atoms with van der Waals surface area (Å²) in [5.41, 5.74) is 1.19. The van der Waals surface area contributed by atoms with Crippen LogP contribution in [0.3, 0.4) is 0 Å². The Labute approximate surface area is 116 Å². The molecule has 0 saturated carbocycles. The van der Waals surface area contributed by atoms with Crippen molar-refractivity contribution in [3.05, 3.63) is 40.9 Å². The van der Waals surface area contributed by atoms with Crippen molar-refractivity contribution in [1.29, 1.82) is 0 Å². The van der Waals surface area contributed by atoms with E-state index < -0.39 is 0 Å². The van der Waals surface area contributed by atoms with Crippen LogP contribution in [0.4, 0.5) is 5.13 Å². The summed E-state index contributed by atoms with van der Waals surface area (Å²) in [5.74, 6) is 0.00591. The lowest BCUT2D eigenvalue weighted by Crippen LogP contribution is -2.19. The fourth-order valence-corrected chi connectivity index (χ4v) is 2.34. The van der Waals surface area contributed by atoms with Gasteiger partial charge < -0.3 is 5.32 Å². The summed E-state index contributed by atoms with van der Waals surface area (Å²) in [6, 6.07) is 10.1. The van der Waals surface area contributed by atoms with E-state index in [1.165, 1.54) is 16.9 Å². The molecule has 2 rings (SSSR count). The van der Waals surface area contributed by atoms with Gasteiger partial charge in [-0.1, -0.05) is 55.5 Å². The zero-order valence-corrected chi connectivity index (χ0v) is 11.9. The Morgan fingerprint density at radius 2 is 2.05 bits per heavy atom. The third kappa shape index (κ3) is 3.86. The number of benzene rings is 1. The quantitative estimate of drug-likeness (QED) is 0.912. The molecule has 4 nitrogen and oxygen atoms in total. The van der Waals surface area contributed by atoms with Crippen LogP contribution < -0.4 is 5.32 Å². The fourth-order valence-electron chi connectivity index (χ4n) is 1.56. The lowest BCUT2D eigenvalue weighted by atomic mass is 10.1. The van der Waals surface area contributed by atoms with Crippen molar-refractivity contribution in [3.8, 4) is 0 Å². The van der Waals surface area contributed by atoms with E-state index in [2.05, 4.69) is 27.6 Å². The molecule has 2 aromatic rings. The molecule has 0 unspecified atom stereocenters. The van der Waals surface area contributed by atoms with Crippen molar-refractivity contribution >= 4 is 22.4 Å². The second-order valence-electron chi connectivity index (χ2n) is 4.46. The molecular formula is C14H17N3OS. The molecule has 0 spiro atoms. The van der Waals surface area contributed by atoms with E-state index >= 15 is 0 Å². The van der Waals surface area contributed by atoms with Gasteiger partial charge in [-0.15, -0.1) is 10.2 Å². The minimum absolute atomic E-state index is 0.00136. The first kappa shape index (κ1) is 13.7. The maximum atomic E-state index is 11.7. The number of nitrogens with zero attached hydrogens (tertiary/aromatic N) is 2. The van der Waals surface area contributed by atoms with Crippen LogP contribution in [0.2, 0.25) is 0 Å². The first-order chi connectivity index (χ1) is 9.19. The van der Waals surface area contributed by atoms with Crippen LogP contribution in [0.25, 0.3) is 0 Å². The Bertz CT molecular complexity index is 539. The van der Waals surface area contributed by atoms with Crippen LogP contribution in [-0.4, -0.2) is 16.1 Å². The van der Waals surface area contributed by atoms with Gasteiger partial charge in [0, 0.05) is 12.3 Å². The molecule has 1 aromatic heterocycles. The molecule has 1 heterocycles. The smallest absolute Gasteiger partial charge is 0.229 e. The van der Waals surface area contributed by atoms with Crippen molar-refractivity contribution in [2.24, 2.45) is 5.92 Å². The lowest BCUT2D eigenvalue weighted by Gasteiger charge is -2.06. The molecule has 0 radical (unpaired) electrons. The summed E-state index contributed by atoms with van der Waals surface area (Å²) in [7, 11) is 0. The molecule has 0 fully saturated rings. The Kier molecular flexibility index (Phi) is 4.63. The first-order valence-electron chi connectivity index (χ1n) is 6.36. The number of anilines is 1. The van der Waals surface area contributed by atoms with Crippen LogP contribution in [0.15, 0.2) is 30.3 Å². The van der Waals surface area contributed by atoms with E-state index in [1.54, 1.807) is 0 Å². The number of carbonyl (C=O) groups excluding carboxylic acids is 1. The molecule has 1 N–H and O–H groups in total. The van der Waals surface area contributed by atoms with Crippen LogP contribution >= 0.6 is 11.3 Å². The summed E-state index contributed by atoms with van der Waals surface area (Å²) in [5, 5.41) is 12.4. The van der Waals surface area contributed by atoms with E-state index in [4.69, 9.17) is 0 Å². The SMILES string of the molecule is CC[C@H](C)C(=O)Nc1nnc(Cc2ccccc2)s1. The molecule has 0 bridgehead atoms. The molecule has 1 amide bonds. The van der Waals surface area contributed by atoms with Gasteiger partial charge in [0.25, 0.3) is 0 Å². The van der Waals surface area contributed by atoms with E-state index in [0.717, 1.165) is 17.8 Å². The van der Waals surface area contributed by atoms with Crippen LogP contribution in [0, 0.1) is 5.92 Å². The van der Waals surface area contributed by atoms with Gasteiger partial charge in [0.05, 0.1) is 0 Å². The Morgan fingerprint density at radius 1 is 1.32 bits per heavy atom. The van der Waals surface area contributed by atoms with Crippen LogP contribution in [0.1, 0.15) is 30.8 Å². The molecule has 1 atom stereocenters. The predicted molar refractivity (Wildman–Crippen MR) is 77.2 cm³/mol. The number of aromatic nitrogens is 2. The number of hydrogen-bond acceptors (Lipinski definition) is 4. The van der Waals surface area contributed by atoms with Gasteiger partial charge in [0.1, 0.15) is 5.01 Å². The van der Waals surface area contributed by atoms with E-state index in [9.17, 15) is 4.79 Å². The highest BCUT2D eigenvalue weighted by atomic mass is 32.1. The highest BCUT2D eigenvalue weighted by molar-refractivity contribution is 7.15. The highest BCUT2D eigenvalue weighted by Crippen LogP contribution is 2.19. The number of nitrogens with one attached hydrogen (secondary N) is 1. The van der Waals surface area contributed by atoms with Gasteiger partial charge in [-0.05, 0) is 12.0 Å². The van der Waals surface area contributed by atoms with Crippen molar-refractivity contribution in [1.82, 2.24) is 10.2 Å². The Balaban J connectivity index is 1.98. The minimum atomic E-state index is 0.00136. The van der Waals surface area contributed by atoms with Gasteiger partial charge in [-0.2, -0.15) is 0 Å². The predicted octanol–water partition coefficient (Wildman–Crippen LogP) is 3.11. The Morgan fingerprint density at radius 3 is 2.74 bits per heavy atom. The maximum absolute atomic E-state index is 11.7. The third-order valence-electron chi connectivity index (χ3n) is 2.96. The zero-order chi connectivity index (χ0) is 13.7. The van der Waals surface area contributed by atoms with Crippen molar-refractivity contribution in [2.75, 3.05) is 5.32 Å². The molecule has 0 aliphatic rings. The molecule has 100 valence electrons. The summed E-state index contributed by atoms with van der Waals surface area (Å²) in [6.07, 6.45) is 1.57. The monoisotopic (exact) mass is 275 g/mol. The number of carbonyl (C=O) groups is 1. The second kappa shape index (κ2) is 6.43. The Hall–Kier alpha value is -1.75. The molecule has 0 aliphatic carbocycles. The van der Waals surface area contributed by atoms with Gasteiger partial charge in [0.2, 0.25) is 11.0 Å². The minimum Gasteiger partial charge on any atom is -0.300 e. The normalized spacial score (nSPS) is 12.1. The molecule has 5 heteroatoms. The first-order valence-corrected chi connectivity index (χ1v) is 7.18. The molecule has 19 heavy (non-hydrogen) atoms. The average Bonchev–Trinajstić information content (AvgIpc) is 2.86. The molecular weight excluding hydrogens is 258 g/mol. The molecule has 0 saturated heterocycles. The third-order valence-corrected chi connectivity index (χ3v) is 3.79. The second-order valence-corrected chi connectivity index (χ2v) is 5.52. The fraction of sp³-hybridized carbons (Fsp3) is 0.357. The summed E-state index contributed by atoms with van der Waals surface area (Å²) < 4.78 is 0. The summed E-state index contributed by atoms with van der Waals surface area (Å²) in [4.78, 5) is 11.7. The molecule has 0 aliphatic heterocycles. The zero-order valence-electron chi connectivity index (χ0n) is 11.1. The maximum Gasteiger partial charge on any atom is 0.229 e. The van der Waals surface area contributed by atoms with Crippen molar-refractivity contribution in [2.45, 2.75) is 26.7 Å². The van der Waals surface area contributed by atoms with Crippen LogP contribution in [-0.2, 0) is 11.2 Å². The van der Waals surface area contributed by atoms with Crippen molar-refractivity contribution < 1.29 is 4.79 Å². The van der Waals surface area contributed by atoms with Gasteiger partial charge in [0.15, 0.2) is 0 Å². The van der Waals surface area contributed by atoms with E-state index in [-0.39, 0.29) is 11.8 Å². The topological polar surface area (TPSA) is 54.9 Å². The van der Waals surface area contributed by atoms with Crippen LogP contribution in [0.5, 0.6) is 0 Å². The van der Waals surface area contributed by atoms with E-state index in [0.29, 0.717) is 5.13 Å². The number of rotatable bonds is 5. The number of hydrogen-bond donors (Lipinski definition) is 1. The highest BCUT2D eigenvalue weighted by Gasteiger charge is 2.13. The summed E-state index contributed by atoms with van der Waals surface area (Å²) >= 11 is 1.43. The lowest BCUT2D eigenvalue weighted by molar-refractivity contribution is -0.119. The largest absolute Gasteiger partial charge is 0.300 e. The number of amides is 1. The summed E-state index contributed by atoms with van der Waals surface area (Å²) in [6.45, 7) is 3.90.